The Morgan fingerprint density at radius 2 is 1.97 bits per heavy atom. The van der Waals surface area contributed by atoms with Crippen molar-refractivity contribution in [2.75, 3.05) is 0 Å². The zero-order chi connectivity index (χ0) is 20.4. The molecule has 1 amide bonds. The van der Waals surface area contributed by atoms with E-state index in [2.05, 4.69) is 26.2 Å². The van der Waals surface area contributed by atoms with E-state index in [0.29, 0.717) is 32.8 Å². The molecule has 3 aromatic rings. The molecule has 1 aliphatic heterocycles. The predicted molar refractivity (Wildman–Crippen MR) is 116 cm³/mol. The fourth-order valence-electron chi connectivity index (χ4n) is 2.62. The van der Waals surface area contributed by atoms with Crippen LogP contribution in [0.1, 0.15) is 5.76 Å². The molecule has 1 N–H and O–H groups in total. The van der Waals surface area contributed by atoms with Crippen LogP contribution in [0.3, 0.4) is 0 Å². The third kappa shape index (κ3) is 4.30. The number of nitro benzene ring substituents is 1. The van der Waals surface area contributed by atoms with E-state index < -0.39 is 4.92 Å². The number of furan rings is 1. The van der Waals surface area contributed by atoms with Crippen LogP contribution in [0.2, 0.25) is 0 Å². The number of non-ortho nitro benzene ring substituents is 1. The van der Waals surface area contributed by atoms with E-state index in [0.717, 1.165) is 4.47 Å². The Balaban J connectivity index is 1.56. The number of halogens is 1. The zero-order valence-corrected chi connectivity index (χ0v) is 17.1. The molecule has 2 aromatic carbocycles. The monoisotopic (exact) mass is 469 g/mol. The van der Waals surface area contributed by atoms with Crippen molar-refractivity contribution >= 4 is 56.2 Å². The van der Waals surface area contributed by atoms with Crippen LogP contribution in [0.4, 0.5) is 11.4 Å². The topological polar surface area (TPSA) is 97.7 Å². The van der Waals surface area contributed by atoms with Crippen LogP contribution in [0.5, 0.6) is 0 Å². The number of aliphatic imine (C=N–C) groups is 1. The summed E-state index contributed by atoms with van der Waals surface area (Å²) in [6.07, 6.45) is 1.61. The number of hydrogen-bond acceptors (Lipinski definition) is 6. The summed E-state index contributed by atoms with van der Waals surface area (Å²) in [4.78, 5) is 27.6. The Bertz CT molecular complexity index is 1190. The number of benzene rings is 2. The SMILES string of the molecule is O=C1NC(=Nc2ccccc2Br)S/C1=C/c1ccc(-c2cccc([N+](=O)[O-])c2)o1. The number of nitrogens with zero attached hydrogens (tertiary/aromatic N) is 2. The van der Waals surface area contributed by atoms with Gasteiger partial charge < -0.3 is 9.73 Å². The van der Waals surface area contributed by atoms with Crippen molar-refractivity contribution in [2.24, 2.45) is 4.99 Å². The highest BCUT2D eigenvalue weighted by Crippen LogP contribution is 2.32. The van der Waals surface area contributed by atoms with Crippen LogP contribution in [0.15, 0.2) is 79.5 Å². The van der Waals surface area contributed by atoms with Crippen molar-refractivity contribution in [1.82, 2.24) is 5.32 Å². The third-order valence-corrected chi connectivity index (χ3v) is 5.55. The molecule has 1 aromatic heterocycles. The lowest BCUT2D eigenvalue weighted by Crippen LogP contribution is -2.19. The van der Waals surface area contributed by atoms with E-state index in [9.17, 15) is 14.9 Å². The molecule has 0 atom stereocenters. The molecule has 1 aliphatic rings. The van der Waals surface area contributed by atoms with Gasteiger partial charge in [0.2, 0.25) is 0 Å². The number of thioether (sulfide) groups is 1. The summed E-state index contributed by atoms with van der Waals surface area (Å²) >= 11 is 4.63. The first-order valence-electron chi connectivity index (χ1n) is 8.38. The number of hydrogen-bond donors (Lipinski definition) is 1. The van der Waals surface area contributed by atoms with Crippen LogP contribution < -0.4 is 5.32 Å². The Morgan fingerprint density at radius 1 is 1.14 bits per heavy atom. The molecule has 2 heterocycles. The number of carbonyl (C=O) groups is 1. The normalized spacial score (nSPS) is 16.4. The van der Waals surface area contributed by atoms with Crippen molar-refractivity contribution in [2.45, 2.75) is 0 Å². The maximum absolute atomic E-state index is 12.3. The van der Waals surface area contributed by atoms with E-state index in [1.165, 1.54) is 23.9 Å². The highest BCUT2D eigenvalue weighted by Gasteiger charge is 2.24. The first kappa shape index (κ1) is 19.2. The molecule has 7 nitrogen and oxygen atoms in total. The molecular formula is C20H12BrN3O4S. The highest BCUT2D eigenvalue weighted by atomic mass is 79.9. The number of nitro groups is 1. The minimum Gasteiger partial charge on any atom is -0.457 e. The maximum atomic E-state index is 12.3. The van der Waals surface area contributed by atoms with Crippen LogP contribution in [0, 0.1) is 10.1 Å². The lowest BCUT2D eigenvalue weighted by molar-refractivity contribution is -0.384. The second-order valence-corrected chi connectivity index (χ2v) is 7.83. The maximum Gasteiger partial charge on any atom is 0.270 e. The van der Waals surface area contributed by atoms with E-state index in [-0.39, 0.29) is 11.6 Å². The van der Waals surface area contributed by atoms with Crippen molar-refractivity contribution in [3.8, 4) is 11.3 Å². The second-order valence-electron chi connectivity index (χ2n) is 5.94. The summed E-state index contributed by atoms with van der Waals surface area (Å²) in [5.41, 5.74) is 1.28. The molecular weight excluding hydrogens is 458 g/mol. The lowest BCUT2D eigenvalue weighted by atomic mass is 10.1. The van der Waals surface area contributed by atoms with Crippen LogP contribution in [-0.4, -0.2) is 16.0 Å². The average Bonchev–Trinajstić information content (AvgIpc) is 3.31. The van der Waals surface area contributed by atoms with Crippen molar-refractivity contribution < 1.29 is 14.1 Å². The van der Waals surface area contributed by atoms with E-state index in [1.54, 1.807) is 30.3 Å². The Labute approximate surface area is 177 Å². The molecule has 1 saturated heterocycles. The number of carbonyl (C=O) groups excluding carboxylic acids is 1. The van der Waals surface area contributed by atoms with Crippen molar-refractivity contribution in [1.29, 1.82) is 0 Å². The van der Waals surface area contributed by atoms with Gasteiger partial charge in [-0.25, -0.2) is 4.99 Å². The van der Waals surface area contributed by atoms with Gasteiger partial charge in [0.25, 0.3) is 11.6 Å². The fraction of sp³-hybridized carbons (Fsp3) is 0. The summed E-state index contributed by atoms with van der Waals surface area (Å²) in [6, 6.07) is 17.0. The van der Waals surface area contributed by atoms with Gasteiger partial charge in [-0.2, -0.15) is 0 Å². The van der Waals surface area contributed by atoms with Crippen LogP contribution >= 0.6 is 27.7 Å². The summed E-state index contributed by atoms with van der Waals surface area (Å²) in [5, 5.41) is 14.1. The fourth-order valence-corrected chi connectivity index (χ4v) is 3.81. The van der Waals surface area contributed by atoms with Gasteiger partial charge in [0.15, 0.2) is 5.17 Å². The molecule has 9 heteroatoms. The largest absolute Gasteiger partial charge is 0.457 e. The van der Waals surface area contributed by atoms with Crippen molar-refractivity contribution in [3.05, 3.63) is 85.9 Å². The Morgan fingerprint density at radius 3 is 2.76 bits per heavy atom. The van der Waals surface area contributed by atoms with Crippen LogP contribution in [-0.2, 0) is 4.79 Å². The van der Waals surface area contributed by atoms with E-state index in [1.807, 2.05) is 24.3 Å². The molecule has 144 valence electrons. The standard InChI is InChI=1S/C20H12BrN3O4S/c21-15-6-1-2-7-16(15)22-20-23-19(25)18(29-20)11-14-8-9-17(28-14)12-4-3-5-13(10-12)24(26)27/h1-11H,(H,22,23,25)/b18-11+. The molecule has 29 heavy (non-hydrogen) atoms. The number of amidine groups is 1. The van der Waals surface area contributed by atoms with Gasteiger partial charge in [-0.05, 0) is 52.0 Å². The highest BCUT2D eigenvalue weighted by molar-refractivity contribution is 9.10. The molecule has 0 radical (unpaired) electrons. The summed E-state index contributed by atoms with van der Waals surface area (Å²) in [5.74, 6) is 0.673. The zero-order valence-electron chi connectivity index (χ0n) is 14.7. The van der Waals surface area contributed by atoms with Gasteiger partial charge in [0, 0.05) is 28.2 Å². The van der Waals surface area contributed by atoms with Crippen LogP contribution in [0.25, 0.3) is 17.4 Å². The molecule has 0 spiro atoms. The minimum atomic E-state index is -0.458. The van der Waals surface area contributed by atoms with Gasteiger partial charge in [0.05, 0.1) is 15.5 Å². The molecule has 4 rings (SSSR count). The number of rotatable bonds is 4. The molecule has 1 fully saturated rings. The first-order valence-corrected chi connectivity index (χ1v) is 9.99. The summed E-state index contributed by atoms with van der Waals surface area (Å²) < 4.78 is 6.57. The average molecular weight is 470 g/mol. The van der Waals surface area contributed by atoms with Gasteiger partial charge >= 0.3 is 0 Å². The molecule has 0 unspecified atom stereocenters. The third-order valence-electron chi connectivity index (χ3n) is 3.97. The smallest absolute Gasteiger partial charge is 0.270 e. The number of nitrogens with one attached hydrogen (secondary N) is 1. The molecule has 0 saturated carbocycles. The van der Waals surface area contributed by atoms with E-state index in [4.69, 9.17) is 4.42 Å². The van der Waals surface area contributed by atoms with Crippen molar-refractivity contribution in [3.63, 3.8) is 0 Å². The predicted octanol–water partition coefficient (Wildman–Crippen LogP) is 5.51. The summed E-state index contributed by atoms with van der Waals surface area (Å²) in [7, 11) is 0. The first-order chi connectivity index (χ1) is 14.0. The number of amides is 1. The number of para-hydroxylation sites is 1. The van der Waals surface area contributed by atoms with Gasteiger partial charge in [-0.15, -0.1) is 0 Å². The minimum absolute atomic E-state index is 0.0162. The summed E-state index contributed by atoms with van der Waals surface area (Å²) in [6.45, 7) is 0. The quantitative estimate of drug-likeness (QED) is 0.308. The van der Waals surface area contributed by atoms with Gasteiger partial charge in [0.1, 0.15) is 11.5 Å². The van der Waals surface area contributed by atoms with E-state index >= 15 is 0 Å². The lowest BCUT2D eigenvalue weighted by Gasteiger charge is -1.98. The Hall–Kier alpha value is -3.17. The second kappa shape index (κ2) is 8.06. The van der Waals surface area contributed by atoms with Gasteiger partial charge in [-0.1, -0.05) is 24.3 Å². The molecule has 0 aliphatic carbocycles. The Kier molecular flexibility index (Phi) is 5.32. The molecule has 0 bridgehead atoms. The van der Waals surface area contributed by atoms with Gasteiger partial charge in [-0.3, -0.25) is 14.9 Å².